The van der Waals surface area contributed by atoms with Crippen LogP contribution in [-0.4, -0.2) is 44.5 Å². The molecule has 0 fully saturated rings. The van der Waals surface area contributed by atoms with Crippen LogP contribution in [0.4, 0.5) is 11.4 Å². The summed E-state index contributed by atoms with van der Waals surface area (Å²) in [6, 6.07) is 13.5. The quantitative estimate of drug-likeness (QED) is 0.850. The minimum atomic E-state index is -0.465. The van der Waals surface area contributed by atoms with Crippen molar-refractivity contribution in [1.82, 2.24) is 4.90 Å². The van der Waals surface area contributed by atoms with E-state index in [2.05, 4.69) is 0 Å². The molecule has 0 atom stereocenters. The van der Waals surface area contributed by atoms with E-state index in [1.165, 1.54) is 7.11 Å². The molecule has 2 N–H and O–H groups in total. The normalized spacial score (nSPS) is 10.5. The topological polar surface area (TPSA) is 75.9 Å². The van der Waals surface area contributed by atoms with Crippen molar-refractivity contribution in [2.75, 3.05) is 38.4 Å². The summed E-state index contributed by atoms with van der Waals surface area (Å²) in [5, 5.41) is 0. The Labute approximate surface area is 141 Å². The summed E-state index contributed by atoms with van der Waals surface area (Å²) >= 11 is 0. The number of likely N-dealkylation sites (N-methyl/N-ethyl adjacent to an activating group) is 1. The number of ether oxygens (including phenoxy) is 1. The zero-order chi connectivity index (χ0) is 17.7. The molecule has 0 heterocycles. The molecule has 24 heavy (non-hydrogen) atoms. The zero-order valence-corrected chi connectivity index (χ0v) is 14.0. The molecular weight excluding hydrogens is 306 g/mol. The van der Waals surface area contributed by atoms with Crippen LogP contribution in [0.5, 0.6) is 5.75 Å². The molecule has 6 nitrogen and oxygen atoms in total. The molecule has 2 rings (SSSR count). The second-order valence-electron chi connectivity index (χ2n) is 5.56. The van der Waals surface area contributed by atoms with Crippen LogP contribution in [0.3, 0.4) is 0 Å². The van der Waals surface area contributed by atoms with Crippen molar-refractivity contribution in [2.45, 2.75) is 0 Å². The van der Waals surface area contributed by atoms with Gasteiger partial charge < -0.3 is 15.4 Å². The van der Waals surface area contributed by atoms with Crippen molar-refractivity contribution in [3.8, 4) is 5.75 Å². The second-order valence-corrected chi connectivity index (χ2v) is 5.56. The molecule has 2 amide bonds. The van der Waals surface area contributed by atoms with Gasteiger partial charge in [-0.1, -0.05) is 18.2 Å². The first-order chi connectivity index (χ1) is 11.4. The highest BCUT2D eigenvalue weighted by Gasteiger charge is 2.26. The fourth-order valence-corrected chi connectivity index (χ4v) is 2.28. The fraction of sp³-hybridized carbons (Fsp3) is 0.222. The number of rotatable bonds is 5. The molecule has 0 aliphatic heterocycles. The molecule has 2 aromatic rings. The van der Waals surface area contributed by atoms with Gasteiger partial charge in [-0.2, -0.15) is 0 Å². The lowest BCUT2D eigenvalue weighted by Gasteiger charge is -2.23. The number of carbonyl (C=O) groups is 2. The lowest BCUT2D eigenvalue weighted by Crippen LogP contribution is -2.42. The van der Waals surface area contributed by atoms with E-state index in [4.69, 9.17) is 10.5 Å². The highest BCUT2D eigenvalue weighted by Crippen LogP contribution is 2.24. The maximum Gasteiger partial charge on any atom is 0.267 e. The Kier molecular flexibility index (Phi) is 5.55. The number of carbonyl (C=O) groups excluding carboxylic acids is 2. The molecule has 0 unspecified atom stereocenters. The van der Waals surface area contributed by atoms with Gasteiger partial charge in [-0.3, -0.25) is 9.59 Å². The first kappa shape index (κ1) is 17.5. The summed E-state index contributed by atoms with van der Waals surface area (Å²) in [7, 11) is 5.06. The van der Waals surface area contributed by atoms with Crippen LogP contribution in [0.25, 0.3) is 0 Å². The first-order valence-electron chi connectivity index (χ1n) is 7.44. The summed E-state index contributed by atoms with van der Waals surface area (Å²) in [5.41, 5.74) is 6.95. The number of benzene rings is 2. The highest BCUT2D eigenvalue weighted by molar-refractivity contribution is 6.23. The second kappa shape index (κ2) is 7.61. The summed E-state index contributed by atoms with van der Waals surface area (Å²) in [6.07, 6.45) is 0. The maximum atomic E-state index is 13.0. The maximum absolute atomic E-state index is 13.0. The smallest absolute Gasteiger partial charge is 0.267 e. The van der Waals surface area contributed by atoms with Crippen LogP contribution in [0.15, 0.2) is 48.5 Å². The molecule has 0 radical (unpaired) electrons. The van der Waals surface area contributed by atoms with Gasteiger partial charge in [0.1, 0.15) is 5.75 Å². The van der Waals surface area contributed by atoms with E-state index in [9.17, 15) is 9.59 Å². The molecule has 0 saturated heterocycles. The first-order valence-corrected chi connectivity index (χ1v) is 7.44. The van der Waals surface area contributed by atoms with Gasteiger partial charge in [-0.25, -0.2) is 4.90 Å². The Hall–Kier alpha value is -2.86. The van der Waals surface area contributed by atoms with Gasteiger partial charge in [0.05, 0.1) is 24.9 Å². The van der Waals surface area contributed by atoms with Gasteiger partial charge in [0.25, 0.3) is 5.91 Å². The van der Waals surface area contributed by atoms with Gasteiger partial charge >= 0.3 is 0 Å². The summed E-state index contributed by atoms with van der Waals surface area (Å²) < 4.78 is 5.19. The Morgan fingerprint density at radius 2 is 1.79 bits per heavy atom. The van der Waals surface area contributed by atoms with Gasteiger partial charge in [0.2, 0.25) is 5.91 Å². The lowest BCUT2D eigenvalue weighted by molar-refractivity contribution is -0.118. The van der Waals surface area contributed by atoms with Gasteiger partial charge in [-0.05, 0) is 38.4 Å². The minimum Gasteiger partial charge on any atom is -0.497 e. The van der Waals surface area contributed by atoms with Crippen LogP contribution in [-0.2, 0) is 4.79 Å². The van der Waals surface area contributed by atoms with E-state index in [0.717, 1.165) is 4.90 Å². The van der Waals surface area contributed by atoms with E-state index in [1.54, 1.807) is 67.5 Å². The van der Waals surface area contributed by atoms with E-state index >= 15 is 0 Å². The van der Waals surface area contributed by atoms with Crippen LogP contribution in [0.1, 0.15) is 10.4 Å². The molecule has 0 aliphatic rings. The predicted octanol–water partition coefficient (Wildman–Crippen LogP) is 2.01. The summed E-state index contributed by atoms with van der Waals surface area (Å²) in [5.74, 6) is -0.251. The number of para-hydroxylation sites is 1. The van der Waals surface area contributed by atoms with E-state index in [1.807, 2.05) is 0 Å². The third-order valence-corrected chi connectivity index (χ3v) is 3.41. The molecule has 0 aliphatic carbocycles. The monoisotopic (exact) mass is 327 g/mol. The van der Waals surface area contributed by atoms with Crippen molar-refractivity contribution in [3.05, 3.63) is 54.1 Å². The van der Waals surface area contributed by atoms with E-state index < -0.39 is 5.91 Å². The Balaban J connectivity index is 2.48. The number of methoxy groups -OCH3 is 1. The standard InChI is InChI=1S/C18H21N3O3/c1-20(2)12-17(22)21(13-7-6-8-14(11-13)24-3)18(23)15-9-4-5-10-16(15)19/h4-11H,12,19H2,1-3H3. The van der Waals surface area contributed by atoms with Crippen molar-refractivity contribution in [3.63, 3.8) is 0 Å². The Morgan fingerprint density at radius 1 is 1.08 bits per heavy atom. The van der Waals surface area contributed by atoms with Crippen molar-refractivity contribution in [1.29, 1.82) is 0 Å². The molecule has 0 spiro atoms. The molecule has 6 heteroatoms. The number of nitrogens with two attached hydrogens (primary N) is 1. The van der Waals surface area contributed by atoms with E-state index in [-0.39, 0.29) is 18.0 Å². The van der Waals surface area contributed by atoms with Gasteiger partial charge in [0, 0.05) is 11.8 Å². The summed E-state index contributed by atoms with van der Waals surface area (Å²) in [4.78, 5) is 28.5. The fourth-order valence-electron chi connectivity index (χ4n) is 2.28. The van der Waals surface area contributed by atoms with Gasteiger partial charge in [0.15, 0.2) is 0 Å². The van der Waals surface area contributed by atoms with E-state index in [0.29, 0.717) is 17.1 Å². The predicted molar refractivity (Wildman–Crippen MR) is 94.2 cm³/mol. The molecular formula is C18H21N3O3. The van der Waals surface area contributed by atoms with Gasteiger partial charge in [-0.15, -0.1) is 0 Å². The molecule has 0 aromatic heterocycles. The summed E-state index contributed by atoms with van der Waals surface area (Å²) in [6.45, 7) is 0.0929. The Bertz CT molecular complexity index is 744. The lowest BCUT2D eigenvalue weighted by atomic mass is 10.1. The number of nitrogens with zero attached hydrogens (tertiary/aromatic N) is 2. The third-order valence-electron chi connectivity index (χ3n) is 3.41. The average molecular weight is 327 g/mol. The van der Waals surface area contributed by atoms with Crippen LogP contribution in [0, 0.1) is 0 Å². The van der Waals surface area contributed by atoms with Crippen LogP contribution >= 0.6 is 0 Å². The van der Waals surface area contributed by atoms with Crippen LogP contribution < -0.4 is 15.4 Å². The average Bonchev–Trinajstić information content (AvgIpc) is 2.55. The largest absolute Gasteiger partial charge is 0.497 e. The highest BCUT2D eigenvalue weighted by atomic mass is 16.5. The molecule has 2 aromatic carbocycles. The van der Waals surface area contributed by atoms with Crippen LogP contribution in [0.2, 0.25) is 0 Å². The zero-order valence-electron chi connectivity index (χ0n) is 14.0. The van der Waals surface area contributed by atoms with Crippen molar-refractivity contribution < 1.29 is 14.3 Å². The molecule has 0 bridgehead atoms. The minimum absolute atomic E-state index is 0.0929. The number of amides is 2. The number of hydrogen-bond donors (Lipinski definition) is 1. The Morgan fingerprint density at radius 3 is 2.42 bits per heavy atom. The molecule has 126 valence electrons. The van der Waals surface area contributed by atoms with Crippen molar-refractivity contribution in [2.24, 2.45) is 0 Å². The van der Waals surface area contributed by atoms with Crippen molar-refractivity contribution >= 4 is 23.2 Å². The number of nitrogen functional groups attached to an aromatic ring is 1. The number of hydrogen-bond acceptors (Lipinski definition) is 5. The molecule has 0 saturated carbocycles. The SMILES string of the molecule is COc1cccc(N(C(=O)CN(C)C)C(=O)c2ccccc2N)c1. The number of imide groups is 1. The number of anilines is 2. The third kappa shape index (κ3) is 3.91.